The number of aromatic amines is 1. The molecule has 8 N–H and O–H groups in total. The SMILES string of the molecule is CSCCC(N)C(=O)NC(Cc1c[nH]c2ccccc12)C(=O)NC(CO)C(=O)NC(CC(C)C)C(=O)O. The number of thioether (sulfide) groups is 1. The fourth-order valence-electron chi connectivity index (χ4n) is 3.82. The van der Waals surface area contributed by atoms with E-state index in [2.05, 4.69) is 20.9 Å². The minimum atomic E-state index is -1.41. The van der Waals surface area contributed by atoms with E-state index in [0.717, 1.165) is 16.5 Å². The molecular weight excluding hydrogens is 498 g/mol. The Kier molecular flexibility index (Phi) is 11.9. The lowest BCUT2D eigenvalue weighted by atomic mass is 10.0. The zero-order valence-corrected chi connectivity index (χ0v) is 22.1. The van der Waals surface area contributed by atoms with Crippen LogP contribution in [-0.4, -0.2) is 81.7 Å². The number of aliphatic hydroxyl groups excluding tert-OH is 1. The van der Waals surface area contributed by atoms with Crippen molar-refractivity contribution in [2.75, 3.05) is 18.6 Å². The molecular formula is C25H37N5O6S. The number of aromatic nitrogens is 1. The second-order valence-corrected chi connectivity index (χ2v) is 10.3. The molecule has 4 unspecified atom stereocenters. The average molecular weight is 536 g/mol. The topological polar surface area (TPSA) is 187 Å². The maximum Gasteiger partial charge on any atom is 0.326 e. The molecule has 0 bridgehead atoms. The number of carbonyl (C=O) groups is 4. The van der Waals surface area contributed by atoms with Gasteiger partial charge in [-0.3, -0.25) is 14.4 Å². The lowest BCUT2D eigenvalue weighted by molar-refractivity contribution is -0.143. The smallest absolute Gasteiger partial charge is 0.326 e. The summed E-state index contributed by atoms with van der Waals surface area (Å²) < 4.78 is 0. The molecule has 0 fully saturated rings. The van der Waals surface area contributed by atoms with Crippen molar-refractivity contribution >= 4 is 46.4 Å². The van der Waals surface area contributed by atoms with Gasteiger partial charge in [0.1, 0.15) is 18.1 Å². The number of para-hydroxylation sites is 1. The van der Waals surface area contributed by atoms with E-state index in [9.17, 15) is 29.4 Å². The van der Waals surface area contributed by atoms with E-state index in [1.807, 2.05) is 44.4 Å². The van der Waals surface area contributed by atoms with Crippen LogP contribution in [-0.2, 0) is 25.6 Å². The molecule has 0 saturated carbocycles. The van der Waals surface area contributed by atoms with Crippen molar-refractivity contribution < 1.29 is 29.4 Å². The first kappa shape index (κ1) is 30.1. The highest BCUT2D eigenvalue weighted by Crippen LogP contribution is 2.19. The number of nitrogens with one attached hydrogen (secondary N) is 4. The summed E-state index contributed by atoms with van der Waals surface area (Å²) in [4.78, 5) is 53.4. The highest BCUT2D eigenvalue weighted by Gasteiger charge is 2.30. The number of hydrogen-bond acceptors (Lipinski definition) is 7. The maximum absolute atomic E-state index is 13.3. The van der Waals surface area contributed by atoms with Crippen molar-refractivity contribution in [2.45, 2.75) is 57.3 Å². The second kappa shape index (κ2) is 14.6. The van der Waals surface area contributed by atoms with Crippen LogP contribution in [0.3, 0.4) is 0 Å². The van der Waals surface area contributed by atoms with Crippen molar-refractivity contribution in [3.63, 3.8) is 0 Å². The summed E-state index contributed by atoms with van der Waals surface area (Å²) in [6.45, 7) is 2.87. The quantitative estimate of drug-likeness (QED) is 0.170. The monoisotopic (exact) mass is 535 g/mol. The molecule has 12 heteroatoms. The molecule has 0 radical (unpaired) electrons. The molecule has 0 aliphatic heterocycles. The number of benzene rings is 1. The molecule has 2 aromatic rings. The summed E-state index contributed by atoms with van der Waals surface area (Å²) in [6.07, 6.45) is 4.34. The van der Waals surface area contributed by atoms with Crippen LogP contribution < -0.4 is 21.7 Å². The summed E-state index contributed by atoms with van der Waals surface area (Å²) >= 11 is 1.55. The van der Waals surface area contributed by atoms with Gasteiger partial charge < -0.3 is 36.9 Å². The number of carboxylic acid groups (broad SMARTS) is 1. The Morgan fingerprint density at radius 3 is 2.24 bits per heavy atom. The number of fused-ring (bicyclic) bond motifs is 1. The van der Waals surface area contributed by atoms with E-state index in [1.54, 1.807) is 18.0 Å². The van der Waals surface area contributed by atoms with Gasteiger partial charge in [-0.1, -0.05) is 32.0 Å². The van der Waals surface area contributed by atoms with Crippen LogP contribution in [0.25, 0.3) is 10.9 Å². The summed E-state index contributed by atoms with van der Waals surface area (Å²) in [5, 5.41) is 27.6. The van der Waals surface area contributed by atoms with Gasteiger partial charge in [-0.15, -0.1) is 0 Å². The average Bonchev–Trinajstić information content (AvgIpc) is 3.27. The summed E-state index contributed by atoms with van der Waals surface area (Å²) in [5.74, 6) is -2.61. The molecule has 204 valence electrons. The molecule has 0 aliphatic rings. The van der Waals surface area contributed by atoms with E-state index in [1.165, 1.54) is 0 Å². The minimum absolute atomic E-state index is 0.00495. The predicted octanol–water partition coefficient (Wildman–Crippen LogP) is 0.368. The van der Waals surface area contributed by atoms with Gasteiger partial charge in [0.15, 0.2) is 0 Å². The highest BCUT2D eigenvalue weighted by atomic mass is 32.2. The van der Waals surface area contributed by atoms with Gasteiger partial charge >= 0.3 is 5.97 Å². The number of hydrogen-bond donors (Lipinski definition) is 7. The molecule has 0 saturated heterocycles. The first-order valence-corrected chi connectivity index (χ1v) is 13.5. The standard InChI is InChI=1S/C25H37N5O6S/c1-14(2)10-20(25(35)36)29-24(34)21(13-31)30-23(33)19(28-22(32)17(26)8-9-37-3)11-15-12-27-18-7-5-4-6-16(15)18/h4-7,12,14,17,19-21,27,31H,8-11,13,26H2,1-3H3,(H,28,32)(H,29,34)(H,30,33)(H,35,36). The number of aliphatic hydroxyl groups is 1. The van der Waals surface area contributed by atoms with Crippen LogP contribution in [0, 0.1) is 5.92 Å². The Balaban J connectivity index is 2.21. The summed E-state index contributed by atoms with van der Waals surface area (Å²) in [5.41, 5.74) is 7.61. The molecule has 1 heterocycles. The second-order valence-electron chi connectivity index (χ2n) is 9.29. The van der Waals surface area contributed by atoms with E-state index in [0.29, 0.717) is 12.2 Å². The van der Waals surface area contributed by atoms with Gasteiger partial charge in [-0.05, 0) is 42.4 Å². The Morgan fingerprint density at radius 1 is 1.00 bits per heavy atom. The molecule has 3 amide bonds. The van der Waals surface area contributed by atoms with E-state index in [-0.39, 0.29) is 18.8 Å². The number of carboxylic acids is 1. The van der Waals surface area contributed by atoms with Crippen LogP contribution in [0.1, 0.15) is 32.3 Å². The van der Waals surface area contributed by atoms with Gasteiger partial charge in [-0.25, -0.2) is 4.79 Å². The normalized spacial score (nSPS) is 14.5. The van der Waals surface area contributed by atoms with E-state index < -0.39 is 54.5 Å². The third-order valence-corrected chi connectivity index (χ3v) is 6.48. The number of amides is 3. The van der Waals surface area contributed by atoms with Crippen molar-refractivity contribution in [3.8, 4) is 0 Å². The number of rotatable bonds is 15. The lowest BCUT2D eigenvalue weighted by Gasteiger charge is -2.24. The Morgan fingerprint density at radius 2 is 1.62 bits per heavy atom. The predicted molar refractivity (Wildman–Crippen MR) is 143 cm³/mol. The molecule has 37 heavy (non-hydrogen) atoms. The number of carbonyl (C=O) groups excluding carboxylic acids is 3. The first-order valence-electron chi connectivity index (χ1n) is 12.1. The number of nitrogens with two attached hydrogens (primary N) is 1. The van der Waals surface area contributed by atoms with E-state index in [4.69, 9.17) is 5.73 Å². The molecule has 0 aliphatic carbocycles. The van der Waals surface area contributed by atoms with Crippen LogP contribution in [0.4, 0.5) is 0 Å². The number of H-pyrrole nitrogens is 1. The highest BCUT2D eigenvalue weighted by molar-refractivity contribution is 7.98. The van der Waals surface area contributed by atoms with E-state index >= 15 is 0 Å². The largest absolute Gasteiger partial charge is 0.480 e. The fraction of sp³-hybridized carbons (Fsp3) is 0.520. The van der Waals surface area contributed by atoms with Crippen LogP contribution in [0.5, 0.6) is 0 Å². The Bertz CT molecular complexity index is 1070. The van der Waals surface area contributed by atoms with Crippen molar-refractivity contribution in [1.29, 1.82) is 0 Å². The lowest BCUT2D eigenvalue weighted by Crippen LogP contribution is -2.58. The maximum atomic E-state index is 13.3. The third-order valence-electron chi connectivity index (χ3n) is 5.84. The minimum Gasteiger partial charge on any atom is -0.480 e. The zero-order valence-electron chi connectivity index (χ0n) is 21.3. The summed E-state index contributed by atoms with van der Waals surface area (Å²) in [7, 11) is 0. The molecule has 0 spiro atoms. The third kappa shape index (κ3) is 9.06. The molecule has 1 aromatic carbocycles. The van der Waals surface area contributed by atoms with Crippen molar-refractivity contribution in [1.82, 2.24) is 20.9 Å². The van der Waals surface area contributed by atoms with Crippen LogP contribution in [0.15, 0.2) is 30.5 Å². The van der Waals surface area contributed by atoms with Gasteiger partial charge in [0.2, 0.25) is 17.7 Å². The van der Waals surface area contributed by atoms with Gasteiger partial charge in [0, 0.05) is 23.5 Å². The van der Waals surface area contributed by atoms with Crippen molar-refractivity contribution in [2.24, 2.45) is 11.7 Å². The molecule has 1 aromatic heterocycles. The zero-order chi connectivity index (χ0) is 27.5. The van der Waals surface area contributed by atoms with Gasteiger partial charge in [0.05, 0.1) is 12.6 Å². The first-order chi connectivity index (χ1) is 17.6. The van der Waals surface area contributed by atoms with Crippen LogP contribution in [0.2, 0.25) is 0 Å². The molecule has 4 atom stereocenters. The molecule has 2 rings (SSSR count). The molecule has 11 nitrogen and oxygen atoms in total. The van der Waals surface area contributed by atoms with Gasteiger partial charge in [0.25, 0.3) is 0 Å². The number of aliphatic carboxylic acids is 1. The van der Waals surface area contributed by atoms with Crippen molar-refractivity contribution in [3.05, 3.63) is 36.0 Å². The van der Waals surface area contributed by atoms with Gasteiger partial charge in [-0.2, -0.15) is 11.8 Å². The van der Waals surface area contributed by atoms with Crippen LogP contribution >= 0.6 is 11.8 Å². The fourth-order valence-corrected chi connectivity index (χ4v) is 4.31. The Labute approximate surface area is 220 Å². The Hall–Kier alpha value is -3.09. The summed E-state index contributed by atoms with van der Waals surface area (Å²) in [6, 6.07) is 2.99.